The molecule has 0 spiro atoms. The number of ether oxygens (including phenoxy) is 1. The normalized spacial score (nSPS) is 11.1. The fourth-order valence-electron chi connectivity index (χ4n) is 3.97. The summed E-state index contributed by atoms with van der Waals surface area (Å²) in [6, 6.07) is 30.9. The van der Waals surface area contributed by atoms with Crippen molar-refractivity contribution in [2.75, 3.05) is 23.5 Å². The minimum Gasteiger partial charge on any atom is -0.497 e. The molecule has 7 nitrogen and oxygen atoms in total. The Labute approximate surface area is 250 Å². The Morgan fingerprint density at radius 2 is 1.52 bits per heavy atom. The summed E-state index contributed by atoms with van der Waals surface area (Å²) in [4.78, 5) is 39.6. The first-order chi connectivity index (χ1) is 20.3. The first kappa shape index (κ1) is 30.1. The minimum atomic E-state index is -0.486. The van der Waals surface area contributed by atoms with E-state index in [-0.39, 0.29) is 17.4 Å². The van der Waals surface area contributed by atoms with Crippen LogP contribution >= 0.6 is 11.8 Å². The van der Waals surface area contributed by atoms with Gasteiger partial charge in [-0.3, -0.25) is 14.4 Å². The Balaban J connectivity index is 1.43. The van der Waals surface area contributed by atoms with Gasteiger partial charge in [0, 0.05) is 21.8 Å². The number of hydrogen-bond acceptors (Lipinski definition) is 5. The summed E-state index contributed by atoms with van der Waals surface area (Å²) in [6.45, 7) is 4.25. The molecule has 3 amide bonds. The number of thioether (sulfide) groups is 1. The lowest BCUT2D eigenvalue weighted by atomic mass is 10.0. The van der Waals surface area contributed by atoms with Crippen molar-refractivity contribution >= 4 is 46.9 Å². The molecular weight excluding hydrogens is 546 g/mol. The highest BCUT2D eigenvalue weighted by atomic mass is 32.2. The average Bonchev–Trinajstić information content (AvgIpc) is 3.01. The van der Waals surface area contributed by atoms with Crippen LogP contribution in [-0.2, 0) is 9.59 Å². The van der Waals surface area contributed by atoms with Gasteiger partial charge in [-0.1, -0.05) is 62.4 Å². The van der Waals surface area contributed by atoms with Crippen molar-refractivity contribution in [1.82, 2.24) is 5.32 Å². The second-order valence-electron chi connectivity index (χ2n) is 9.75. The third-order valence-corrected chi connectivity index (χ3v) is 7.27. The van der Waals surface area contributed by atoms with E-state index < -0.39 is 11.8 Å². The number of methoxy groups -OCH3 is 1. The zero-order chi connectivity index (χ0) is 29.9. The Morgan fingerprint density at radius 1 is 0.810 bits per heavy atom. The molecule has 0 saturated heterocycles. The molecule has 214 valence electrons. The van der Waals surface area contributed by atoms with Gasteiger partial charge in [0.2, 0.25) is 5.91 Å². The van der Waals surface area contributed by atoms with Crippen LogP contribution in [0.3, 0.4) is 0 Å². The van der Waals surface area contributed by atoms with Crippen molar-refractivity contribution in [3.63, 3.8) is 0 Å². The largest absolute Gasteiger partial charge is 0.497 e. The molecule has 0 heterocycles. The van der Waals surface area contributed by atoms with Gasteiger partial charge in [-0.05, 0) is 77.7 Å². The summed E-state index contributed by atoms with van der Waals surface area (Å²) < 4.78 is 5.21. The highest BCUT2D eigenvalue weighted by molar-refractivity contribution is 8.00. The topological polar surface area (TPSA) is 96.5 Å². The van der Waals surface area contributed by atoms with E-state index in [2.05, 4.69) is 29.8 Å². The predicted octanol–water partition coefficient (Wildman–Crippen LogP) is 6.96. The van der Waals surface area contributed by atoms with E-state index in [0.29, 0.717) is 28.5 Å². The van der Waals surface area contributed by atoms with Gasteiger partial charge in [0.05, 0.1) is 12.9 Å². The van der Waals surface area contributed by atoms with Gasteiger partial charge in [-0.25, -0.2) is 0 Å². The predicted molar refractivity (Wildman–Crippen MR) is 170 cm³/mol. The second kappa shape index (κ2) is 14.7. The van der Waals surface area contributed by atoms with Gasteiger partial charge in [-0.2, -0.15) is 0 Å². The molecule has 42 heavy (non-hydrogen) atoms. The number of benzene rings is 4. The van der Waals surface area contributed by atoms with Gasteiger partial charge >= 0.3 is 0 Å². The summed E-state index contributed by atoms with van der Waals surface area (Å²) in [6.07, 6.45) is 1.60. The number of hydrogen-bond donors (Lipinski definition) is 3. The minimum absolute atomic E-state index is 0.0786. The molecule has 4 aromatic rings. The molecule has 0 fully saturated rings. The smallest absolute Gasteiger partial charge is 0.272 e. The molecular formula is C34H33N3O4S. The fourth-order valence-corrected chi connectivity index (χ4v) is 4.72. The van der Waals surface area contributed by atoms with Crippen LogP contribution in [-0.4, -0.2) is 30.6 Å². The van der Waals surface area contributed by atoms with E-state index in [1.165, 1.54) is 17.3 Å². The first-order valence-corrected chi connectivity index (χ1v) is 14.5. The molecule has 0 unspecified atom stereocenters. The third kappa shape index (κ3) is 8.84. The van der Waals surface area contributed by atoms with Gasteiger partial charge in [0.15, 0.2) is 0 Å². The van der Waals surface area contributed by atoms with Crippen LogP contribution in [0.25, 0.3) is 6.08 Å². The number of nitrogens with one attached hydrogen (secondary N) is 3. The van der Waals surface area contributed by atoms with E-state index in [1.54, 1.807) is 79.9 Å². The maximum atomic E-state index is 13.4. The first-order valence-electron chi connectivity index (χ1n) is 13.5. The molecule has 3 N–H and O–H groups in total. The zero-order valence-corrected chi connectivity index (χ0v) is 24.5. The Kier molecular flexibility index (Phi) is 10.6. The third-order valence-electron chi connectivity index (χ3n) is 6.28. The van der Waals surface area contributed by atoms with Crippen LogP contribution in [0.4, 0.5) is 11.4 Å². The van der Waals surface area contributed by atoms with Crippen LogP contribution in [0.2, 0.25) is 0 Å². The van der Waals surface area contributed by atoms with Crippen molar-refractivity contribution in [2.45, 2.75) is 24.7 Å². The molecule has 0 saturated carbocycles. The molecule has 4 aromatic carbocycles. The molecule has 0 aliphatic rings. The van der Waals surface area contributed by atoms with Gasteiger partial charge in [-0.15, -0.1) is 11.8 Å². The van der Waals surface area contributed by atoms with Crippen LogP contribution in [0, 0.1) is 0 Å². The standard InChI is InChI=1S/C34H33N3O4S/c1-23(2)25-14-16-27(17-15-25)35-32(38)22-42-30-11-7-10-28(21-30)36-34(40)31(20-24-12-18-29(41-3)19-13-24)37-33(39)26-8-5-4-6-9-26/h4-21,23H,22H2,1-3H3,(H,35,38)(H,36,40)(H,37,39)/b31-20+. The zero-order valence-electron chi connectivity index (χ0n) is 23.7. The van der Waals surface area contributed by atoms with Crippen LogP contribution in [0.5, 0.6) is 5.75 Å². The van der Waals surface area contributed by atoms with E-state index >= 15 is 0 Å². The van der Waals surface area contributed by atoms with E-state index in [0.717, 1.165) is 10.6 Å². The summed E-state index contributed by atoms with van der Waals surface area (Å²) in [7, 11) is 1.58. The summed E-state index contributed by atoms with van der Waals surface area (Å²) >= 11 is 1.36. The molecule has 0 bridgehead atoms. The SMILES string of the molecule is COc1ccc(/C=C(/NC(=O)c2ccccc2)C(=O)Nc2cccc(SCC(=O)Nc3ccc(C(C)C)cc3)c2)cc1. The van der Waals surface area contributed by atoms with Crippen molar-refractivity contribution in [3.8, 4) is 5.75 Å². The molecule has 0 aromatic heterocycles. The number of rotatable bonds is 11. The quantitative estimate of drug-likeness (QED) is 0.132. The molecule has 0 atom stereocenters. The number of amides is 3. The van der Waals surface area contributed by atoms with Gasteiger partial charge < -0.3 is 20.7 Å². The molecule has 0 radical (unpaired) electrons. The van der Waals surface area contributed by atoms with E-state index in [1.807, 2.05) is 36.4 Å². The van der Waals surface area contributed by atoms with Crippen LogP contribution in [0.15, 0.2) is 114 Å². The Bertz CT molecular complexity index is 1550. The Morgan fingerprint density at radius 3 is 2.19 bits per heavy atom. The maximum absolute atomic E-state index is 13.4. The fraction of sp³-hybridized carbons (Fsp3) is 0.147. The number of carbonyl (C=O) groups is 3. The summed E-state index contributed by atoms with van der Waals surface area (Å²) in [5.41, 5.74) is 3.71. The van der Waals surface area contributed by atoms with E-state index in [4.69, 9.17) is 4.74 Å². The van der Waals surface area contributed by atoms with Crippen molar-refractivity contribution < 1.29 is 19.1 Å². The lowest BCUT2D eigenvalue weighted by Crippen LogP contribution is -2.30. The molecule has 4 rings (SSSR count). The van der Waals surface area contributed by atoms with Crippen LogP contribution < -0.4 is 20.7 Å². The van der Waals surface area contributed by atoms with Gasteiger partial charge in [0.25, 0.3) is 11.8 Å². The summed E-state index contributed by atoms with van der Waals surface area (Å²) in [5.74, 6) is 0.296. The molecule has 8 heteroatoms. The highest BCUT2D eigenvalue weighted by Gasteiger charge is 2.16. The summed E-state index contributed by atoms with van der Waals surface area (Å²) in [5, 5.41) is 8.52. The average molecular weight is 580 g/mol. The Hall–Kier alpha value is -4.82. The van der Waals surface area contributed by atoms with Crippen molar-refractivity contribution in [3.05, 3.63) is 126 Å². The molecule has 0 aliphatic heterocycles. The van der Waals surface area contributed by atoms with E-state index in [9.17, 15) is 14.4 Å². The van der Waals surface area contributed by atoms with Crippen molar-refractivity contribution in [1.29, 1.82) is 0 Å². The molecule has 0 aliphatic carbocycles. The second-order valence-corrected chi connectivity index (χ2v) is 10.8. The monoisotopic (exact) mass is 579 g/mol. The number of carbonyl (C=O) groups excluding carboxylic acids is 3. The number of anilines is 2. The highest BCUT2D eigenvalue weighted by Crippen LogP contribution is 2.23. The van der Waals surface area contributed by atoms with Crippen LogP contribution in [0.1, 0.15) is 41.3 Å². The van der Waals surface area contributed by atoms with Gasteiger partial charge in [0.1, 0.15) is 11.4 Å². The van der Waals surface area contributed by atoms with Crippen molar-refractivity contribution in [2.24, 2.45) is 0 Å². The maximum Gasteiger partial charge on any atom is 0.272 e. The lowest BCUT2D eigenvalue weighted by Gasteiger charge is -2.12. The lowest BCUT2D eigenvalue weighted by molar-refractivity contribution is -0.114.